The number of thiophene rings is 1. The minimum absolute atomic E-state index is 0.761. The minimum atomic E-state index is 0.761. The molecule has 1 atom stereocenters. The highest BCUT2D eigenvalue weighted by Crippen LogP contribution is 2.21. The molecule has 1 saturated heterocycles. The first-order valence-corrected chi connectivity index (χ1v) is 11.7. The highest BCUT2D eigenvalue weighted by atomic mass is 35.5. The van der Waals surface area contributed by atoms with Crippen LogP contribution in [0.5, 0.6) is 0 Å². The van der Waals surface area contributed by atoms with Crippen molar-refractivity contribution in [2.75, 3.05) is 31.5 Å². The SMILES string of the molecule is Cc1ccc(NC(=S)N(CCCN2CCCC(C)C2)Cc2cccs2)cc1Cl. The fourth-order valence-corrected chi connectivity index (χ4v) is 4.86. The summed E-state index contributed by atoms with van der Waals surface area (Å²) < 4.78 is 0. The van der Waals surface area contributed by atoms with Gasteiger partial charge in [0.15, 0.2) is 5.11 Å². The summed E-state index contributed by atoms with van der Waals surface area (Å²) in [5, 5.41) is 7.03. The number of thiocarbonyl (C=S) groups is 1. The number of anilines is 1. The van der Waals surface area contributed by atoms with Crippen molar-refractivity contribution in [3.63, 3.8) is 0 Å². The van der Waals surface area contributed by atoms with Crippen molar-refractivity contribution < 1.29 is 0 Å². The van der Waals surface area contributed by atoms with E-state index in [2.05, 4.69) is 39.6 Å². The molecule has 1 N–H and O–H groups in total. The molecule has 1 aromatic carbocycles. The second kappa shape index (κ2) is 10.6. The van der Waals surface area contributed by atoms with Gasteiger partial charge >= 0.3 is 0 Å². The molecule has 0 bridgehead atoms. The third-order valence-electron chi connectivity index (χ3n) is 5.28. The van der Waals surface area contributed by atoms with Crippen LogP contribution in [0.2, 0.25) is 5.02 Å². The Kier molecular flexibility index (Phi) is 8.15. The highest BCUT2D eigenvalue weighted by Gasteiger charge is 2.17. The molecule has 2 aromatic rings. The van der Waals surface area contributed by atoms with Gasteiger partial charge in [-0.05, 0) is 86.6 Å². The molecule has 0 saturated carbocycles. The third kappa shape index (κ3) is 6.45. The normalized spacial score (nSPS) is 17.5. The van der Waals surface area contributed by atoms with Crippen LogP contribution in [0.3, 0.4) is 0 Å². The molecule has 152 valence electrons. The van der Waals surface area contributed by atoms with Gasteiger partial charge in [0.05, 0.1) is 6.54 Å². The van der Waals surface area contributed by atoms with Gasteiger partial charge in [-0.2, -0.15) is 0 Å². The van der Waals surface area contributed by atoms with Crippen molar-refractivity contribution in [3.05, 3.63) is 51.2 Å². The van der Waals surface area contributed by atoms with E-state index < -0.39 is 0 Å². The number of nitrogens with one attached hydrogen (secondary N) is 1. The van der Waals surface area contributed by atoms with E-state index in [1.54, 1.807) is 11.3 Å². The minimum Gasteiger partial charge on any atom is -0.344 e. The molecule has 2 heterocycles. The van der Waals surface area contributed by atoms with Crippen LogP contribution in [-0.2, 0) is 6.54 Å². The quantitative estimate of drug-likeness (QED) is 0.535. The van der Waals surface area contributed by atoms with Crippen LogP contribution < -0.4 is 5.32 Å². The number of rotatable bonds is 7. The molecule has 0 spiro atoms. The first kappa shape index (κ1) is 21.6. The van der Waals surface area contributed by atoms with Crippen molar-refractivity contribution in [2.45, 2.75) is 39.7 Å². The number of likely N-dealkylation sites (tertiary alicyclic amines) is 1. The van der Waals surface area contributed by atoms with Gasteiger partial charge in [0.1, 0.15) is 0 Å². The monoisotopic (exact) mass is 435 g/mol. The zero-order valence-electron chi connectivity index (χ0n) is 16.8. The lowest BCUT2D eigenvalue weighted by molar-refractivity contribution is 0.177. The molecule has 1 aromatic heterocycles. The lowest BCUT2D eigenvalue weighted by Gasteiger charge is -2.32. The van der Waals surface area contributed by atoms with Crippen LogP contribution >= 0.6 is 35.2 Å². The lowest BCUT2D eigenvalue weighted by atomic mass is 10.0. The van der Waals surface area contributed by atoms with E-state index in [0.717, 1.165) is 53.4 Å². The van der Waals surface area contributed by atoms with Crippen LogP contribution in [-0.4, -0.2) is 41.1 Å². The standard InChI is InChI=1S/C22H30ClN3S2/c1-17-6-3-10-25(15-17)11-5-12-26(16-20-7-4-13-28-20)22(27)24-19-9-8-18(2)21(23)14-19/h4,7-9,13-14,17H,3,5-6,10-12,15-16H2,1-2H3,(H,24,27). The van der Waals surface area contributed by atoms with Crippen LogP contribution in [0.15, 0.2) is 35.7 Å². The predicted octanol–water partition coefficient (Wildman–Crippen LogP) is 6.03. The summed E-state index contributed by atoms with van der Waals surface area (Å²) in [5.74, 6) is 0.824. The molecule has 28 heavy (non-hydrogen) atoms. The lowest BCUT2D eigenvalue weighted by Crippen LogP contribution is -2.39. The maximum atomic E-state index is 6.27. The Balaban J connectivity index is 1.58. The van der Waals surface area contributed by atoms with Gasteiger partial charge in [-0.25, -0.2) is 0 Å². The van der Waals surface area contributed by atoms with Crippen molar-refractivity contribution in [1.29, 1.82) is 0 Å². The fraction of sp³-hybridized carbons (Fsp3) is 0.500. The fourth-order valence-electron chi connectivity index (χ4n) is 3.69. The molecule has 3 rings (SSSR count). The highest BCUT2D eigenvalue weighted by molar-refractivity contribution is 7.80. The number of hydrogen-bond acceptors (Lipinski definition) is 3. The van der Waals surface area contributed by atoms with E-state index in [1.807, 2.05) is 25.1 Å². The average Bonchev–Trinajstić information content (AvgIpc) is 3.17. The molecular formula is C22H30ClN3S2. The summed E-state index contributed by atoms with van der Waals surface area (Å²) in [5.41, 5.74) is 2.02. The van der Waals surface area contributed by atoms with Gasteiger partial charge < -0.3 is 15.1 Å². The summed E-state index contributed by atoms with van der Waals surface area (Å²) in [7, 11) is 0. The second-order valence-electron chi connectivity index (χ2n) is 7.80. The molecule has 0 aliphatic carbocycles. The van der Waals surface area contributed by atoms with E-state index in [9.17, 15) is 0 Å². The summed E-state index contributed by atoms with van der Waals surface area (Å²) >= 11 is 13.8. The summed E-state index contributed by atoms with van der Waals surface area (Å²) in [6.45, 7) is 9.78. The second-order valence-corrected chi connectivity index (χ2v) is 9.62. The van der Waals surface area contributed by atoms with E-state index in [1.165, 1.54) is 30.8 Å². The Morgan fingerprint density at radius 3 is 2.96 bits per heavy atom. The Labute approximate surface area is 183 Å². The van der Waals surface area contributed by atoms with Crippen molar-refractivity contribution in [2.24, 2.45) is 5.92 Å². The van der Waals surface area contributed by atoms with Crippen LogP contribution in [0, 0.1) is 12.8 Å². The Bertz CT molecular complexity index is 763. The summed E-state index contributed by atoms with van der Waals surface area (Å²) in [6, 6.07) is 10.3. The number of piperidine rings is 1. The first-order chi connectivity index (χ1) is 13.5. The molecule has 1 fully saturated rings. The molecule has 1 unspecified atom stereocenters. The largest absolute Gasteiger partial charge is 0.344 e. The maximum Gasteiger partial charge on any atom is 0.173 e. The number of aryl methyl sites for hydroxylation is 1. The Morgan fingerprint density at radius 1 is 1.39 bits per heavy atom. The van der Waals surface area contributed by atoms with Crippen molar-refractivity contribution >= 4 is 46.0 Å². The maximum absolute atomic E-state index is 6.27. The molecule has 6 heteroatoms. The molecule has 1 aliphatic heterocycles. The average molecular weight is 436 g/mol. The van der Waals surface area contributed by atoms with Gasteiger partial charge in [0.2, 0.25) is 0 Å². The topological polar surface area (TPSA) is 18.5 Å². The van der Waals surface area contributed by atoms with E-state index in [4.69, 9.17) is 23.8 Å². The number of nitrogens with zero attached hydrogens (tertiary/aromatic N) is 2. The summed E-state index contributed by atoms with van der Waals surface area (Å²) in [4.78, 5) is 6.22. The number of halogens is 1. The molecular weight excluding hydrogens is 406 g/mol. The zero-order chi connectivity index (χ0) is 19.9. The van der Waals surface area contributed by atoms with Gasteiger partial charge in [0, 0.05) is 28.7 Å². The van der Waals surface area contributed by atoms with Crippen molar-refractivity contribution in [1.82, 2.24) is 9.80 Å². The van der Waals surface area contributed by atoms with Crippen molar-refractivity contribution in [3.8, 4) is 0 Å². The third-order valence-corrected chi connectivity index (χ3v) is 6.91. The zero-order valence-corrected chi connectivity index (χ0v) is 19.2. The van der Waals surface area contributed by atoms with Crippen LogP contribution in [0.25, 0.3) is 0 Å². The number of benzene rings is 1. The molecule has 3 nitrogen and oxygen atoms in total. The molecule has 1 aliphatic rings. The Morgan fingerprint density at radius 2 is 2.25 bits per heavy atom. The van der Waals surface area contributed by atoms with Gasteiger partial charge in [-0.1, -0.05) is 30.7 Å². The van der Waals surface area contributed by atoms with Gasteiger partial charge in [-0.15, -0.1) is 11.3 Å². The predicted molar refractivity (Wildman–Crippen MR) is 127 cm³/mol. The molecule has 0 amide bonds. The summed E-state index contributed by atoms with van der Waals surface area (Å²) in [6.07, 6.45) is 3.82. The van der Waals surface area contributed by atoms with E-state index in [-0.39, 0.29) is 0 Å². The first-order valence-electron chi connectivity index (χ1n) is 10.1. The van der Waals surface area contributed by atoms with Gasteiger partial charge in [-0.3, -0.25) is 0 Å². The van der Waals surface area contributed by atoms with E-state index >= 15 is 0 Å². The Hall–Kier alpha value is -1.14. The van der Waals surface area contributed by atoms with Crippen LogP contribution in [0.1, 0.15) is 36.6 Å². The smallest absolute Gasteiger partial charge is 0.173 e. The number of hydrogen-bond donors (Lipinski definition) is 1. The molecule has 0 radical (unpaired) electrons. The van der Waals surface area contributed by atoms with Gasteiger partial charge in [0.25, 0.3) is 0 Å². The van der Waals surface area contributed by atoms with Crippen LogP contribution in [0.4, 0.5) is 5.69 Å². The van der Waals surface area contributed by atoms with E-state index in [0.29, 0.717) is 0 Å².